The van der Waals surface area contributed by atoms with Crippen LogP contribution >= 0.6 is 24.8 Å². The Kier molecular flexibility index (Phi) is 9.82. The largest absolute Gasteiger partial charge is 0.508 e. The summed E-state index contributed by atoms with van der Waals surface area (Å²) in [6.07, 6.45) is 1.64. The number of hydrogen-bond acceptors (Lipinski definition) is 5. The van der Waals surface area contributed by atoms with Gasteiger partial charge < -0.3 is 21.3 Å². The third-order valence-electron chi connectivity index (χ3n) is 4.01. The van der Waals surface area contributed by atoms with Gasteiger partial charge in [-0.15, -0.1) is 24.8 Å². The van der Waals surface area contributed by atoms with E-state index in [2.05, 4.69) is 24.1 Å². The number of aliphatic hydroxyl groups excluding tert-OH is 1. The maximum Gasteiger partial charge on any atom is 0.123 e. The number of para-hydroxylation sites is 1. The van der Waals surface area contributed by atoms with Gasteiger partial charge in [0, 0.05) is 17.6 Å². The lowest BCUT2D eigenvalue weighted by atomic mass is 9.94. The highest BCUT2D eigenvalue weighted by Gasteiger charge is 2.18. The fraction of sp³-hybridized carbons (Fsp3) is 0.389. The van der Waals surface area contributed by atoms with E-state index in [4.69, 9.17) is 5.73 Å². The van der Waals surface area contributed by atoms with Crippen molar-refractivity contribution in [3.8, 4) is 5.75 Å². The molecule has 0 fully saturated rings. The molecular weight excluding hydrogens is 361 g/mol. The van der Waals surface area contributed by atoms with E-state index < -0.39 is 0 Å². The second-order valence-electron chi connectivity index (χ2n) is 6.37. The number of phenols is 1. The predicted molar refractivity (Wildman–Crippen MR) is 106 cm³/mol. The maximum atomic E-state index is 9.84. The lowest BCUT2D eigenvalue weighted by Gasteiger charge is -2.27. The van der Waals surface area contributed by atoms with Crippen molar-refractivity contribution in [1.82, 2.24) is 10.3 Å². The topological polar surface area (TPSA) is 91.4 Å². The van der Waals surface area contributed by atoms with Gasteiger partial charge in [-0.25, -0.2) is 4.98 Å². The summed E-state index contributed by atoms with van der Waals surface area (Å²) >= 11 is 0. The molecule has 1 aromatic carbocycles. The minimum absolute atomic E-state index is 0. The van der Waals surface area contributed by atoms with Gasteiger partial charge in [-0.3, -0.25) is 0 Å². The predicted octanol–water partition coefficient (Wildman–Crippen LogP) is 3.21. The fourth-order valence-electron chi connectivity index (χ4n) is 2.42. The van der Waals surface area contributed by atoms with Crippen molar-refractivity contribution in [2.45, 2.75) is 45.4 Å². The van der Waals surface area contributed by atoms with Gasteiger partial charge in [0.05, 0.1) is 12.3 Å². The van der Waals surface area contributed by atoms with E-state index in [-0.39, 0.29) is 37.0 Å². The van der Waals surface area contributed by atoms with E-state index in [0.29, 0.717) is 18.1 Å². The van der Waals surface area contributed by atoms with E-state index in [9.17, 15) is 10.2 Å². The van der Waals surface area contributed by atoms with Crippen molar-refractivity contribution >= 4 is 30.6 Å². The van der Waals surface area contributed by atoms with Crippen molar-refractivity contribution in [2.24, 2.45) is 0 Å². The van der Waals surface area contributed by atoms with E-state index >= 15 is 0 Å². The monoisotopic (exact) mass is 387 g/mol. The van der Waals surface area contributed by atoms with Crippen LogP contribution in [-0.2, 0) is 19.6 Å². The normalized spacial score (nSPS) is 10.7. The second kappa shape index (κ2) is 10.5. The van der Waals surface area contributed by atoms with Gasteiger partial charge >= 0.3 is 0 Å². The molecule has 0 atom stereocenters. The first-order chi connectivity index (χ1) is 10.9. The number of aromatic nitrogens is 1. The highest BCUT2D eigenvalue weighted by Crippen LogP contribution is 2.21. The molecule has 5 N–H and O–H groups in total. The summed E-state index contributed by atoms with van der Waals surface area (Å²) in [7, 11) is 0. The number of nitrogens with one attached hydrogen (secondary N) is 1. The zero-order valence-electron chi connectivity index (χ0n) is 14.5. The fourth-order valence-corrected chi connectivity index (χ4v) is 2.42. The van der Waals surface area contributed by atoms with Crippen LogP contribution in [0.1, 0.15) is 37.1 Å². The number of nitrogen functional groups attached to an aromatic ring is 1. The summed E-state index contributed by atoms with van der Waals surface area (Å²) in [4.78, 5) is 4.29. The number of benzene rings is 1. The Bertz CT molecular complexity index is 667. The lowest BCUT2D eigenvalue weighted by Crippen LogP contribution is -2.39. The number of rotatable bonds is 7. The molecule has 0 aliphatic carbocycles. The number of nitrogens with two attached hydrogens (primary N) is 1. The average Bonchev–Trinajstić information content (AvgIpc) is 2.52. The lowest BCUT2D eigenvalue weighted by molar-refractivity contribution is 0.278. The molecule has 0 saturated heterocycles. The highest BCUT2D eigenvalue weighted by molar-refractivity contribution is 5.85. The van der Waals surface area contributed by atoms with Crippen molar-refractivity contribution in [2.75, 3.05) is 5.73 Å². The van der Waals surface area contributed by atoms with Crippen LogP contribution in [0.2, 0.25) is 0 Å². The Hall–Kier alpha value is -1.53. The molecule has 0 unspecified atom stereocenters. The van der Waals surface area contributed by atoms with Crippen LogP contribution in [0.25, 0.3) is 0 Å². The first-order valence-electron chi connectivity index (χ1n) is 7.78. The van der Waals surface area contributed by atoms with Crippen molar-refractivity contribution in [1.29, 1.82) is 0 Å². The van der Waals surface area contributed by atoms with Gasteiger partial charge in [0.2, 0.25) is 0 Å². The Labute approximate surface area is 161 Å². The SMILES string of the molecule is CC(C)(CCc1ccccc1O)NCc1nc(N)ccc1CO.Cl.Cl. The molecule has 25 heavy (non-hydrogen) atoms. The van der Waals surface area contributed by atoms with E-state index in [1.54, 1.807) is 18.2 Å². The number of halogens is 2. The van der Waals surface area contributed by atoms with Crippen LogP contribution in [0.3, 0.4) is 0 Å². The first kappa shape index (κ1) is 23.5. The van der Waals surface area contributed by atoms with E-state index in [1.807, 2.05) is 18.2 Å². The third kappa shape index (κ3) is 7.08. The van der Waals surface area contributed by atoms with Crippen LogP contribution in [0, 0.1) is 0 Å². The molecule has 7 heteroatoms. The molecule has 0 aliphatic rings. The number of nitrogens with zero attached hydrogens (tertiary/aromatic N) is 1. The number of pyridine rings is 1. The van der Waals surface area contributed by atoms with Gasteiger partial charge in [0.25, 0.3) is 0 Å². The van der Waals surface area contributed by atoms with Crippen molar-refractivity contribution in [3.63, 3.8) is 0 Å². The summed E-state index contributed by atoms with van der Waals surface area (Å²) in [6, 6.07) is 10.9. The molecule has 0 radical (unpaired) electrons. The standard InChI is InChI=1S/C18H25N3O2.2ClH/c1-18(2,10-9-13-5-3-4-6-16(13)23)20-11-15-14(12-22)7-8-17(19)21-15;;/h3-8,20,22-23H,9-12H2,1-2H3,(H2,19,21);2*1H. The Balaban J connectivity index is 0.00000288. The molecule has 5 nitrogen and oxygen atoms in total. The number of aryl methyl sites for hydroxylation is 1. The molecule has 2 rings (SSSR count). The van der Waals surface area contributed by atoms with Gasteiger partial charge in [0.1, 0.15) is 11.6 Å². The number of aromatic hydroxyl groups is 1. The molecule has 0 spiro atoms. The summed E-state index contributed by atoms with van der Waals surface area (Å²) in [5.41, 5.74) is 8.08. The summed E-state index contributed by atoms with van der Waals surface area (Å²) in [6.45, 7) is 4.70. The Morgan fingerprint density at radius 1 is 1.08 bits per heavy atom. The number of anilines is 1. The molecule has 0 bridgehead atoms. The Morgan fingerprint density at radius 3 is 2.40 bits per heavy atom. The summed E-state index contributed by atoms with van der Waals surface area (Å²) in [5, 5.41) is 22.7. The molecule has 140 valence electrons. The number of hydrogen-bond donors (Lipinski definition) is 4. The molecule has 0 saturated carbocycles. The van der Waals surface area contributed by atoms with Gasteiger partial charge in [0.15, 0.2) is 0 Å². The number of aliphatic hydroxyl groups is 1. The van der Waals surface area contributed by atoms with E-state index in [0.717, 1.165) is 29.7 Å². The van der Waals surface area contributed by atoms with Crippen LogP contribution in [0.4, 0.5) is 5.82 Å². The quantitative estimate of drug-likeness (QED) is 0.585. The summed E-state index contributed by atoms with van der Waals surface area (Å²) in [5.74, 6) is 0.786. The van der Waals surface area contributed by atoms with Crippen LogP contribution in [-0.4, -0.2) is 20.7 Å². The maximum absolute atomic E-state index is 9.84. The molecule has 1 heterocycles. The second-order valence-corrected chi connectivity index (χ2v) is 6.37. The molecule has 2 aromatic rings. The zero-order valence-corrected chi connectivity index (χ0v) is 16.2. The highest BCUT2D eigenvalue weighted by atomic mass is 35.5. The Morgan fingerprint density at radius 2 is 1.76 bits per heavy atom. The van der Waals surface area contributed by atoms with Gasteiger partial charge in [-0.05, 0) is 44.4 Å². The molecule has 1 aromatic heterocycles. The molecule has 0 amide bonds. The van der Waals surface area contributed by atoms with Gasteiger partial charge in [-0.1, -0.05) is 24.3 Å². The van der Waals surface area contributed by atoms with Gasteiger partial charge in [-0.2, -0.15) is 0 Å². The zero-order chi connectivity index (χ0) is 16.9. The van der Waals surface area contributed by atoms with Crippen LogP contribution in [0.15, 0.2) is 36.4 Å². The molecule has 0 aliphatic heterocycles. The van der Waals surface area contributed by atoms with Crippen molar-refractivity contribution < 1.29 is 10.2 Å². The summed E-state index contributed by atoms with van der Waals surface area (Å²) < 4.78 is 0. The minimum Gasteiger partial charge on any atom is -0.508 e. The molecular formula is C18H27Cl2N3O2. The smallest absolute Gasteiger partial charge is 0.123 e. The van der Waals surface area contributed by atoms with Crippen molar-refractivity contribution in [3.05, 3.63) is 53.2 Å². The third-order valence-corrected chi connectivity index (χ3v) is 4.01. The van der Waals surface area contributed by atoms with Crippen LogP contribution < -0.4 is 11.1 Å². The average molecular weight is 388 g/mol. The number of phenolic OH excluding ortho intramolecular Hbond substituents is 1. The van der Waals surface area contributed by atoms with Crippen LogP contribution in [0.5, 0.6) is 5.75 Å². The first-order valence-corrected chi connectivity index (χ1v) is 7.78. The van der Waals surface area contributed by atoms with E-state index in [1.165, 1.54) is 0 Å². The minimum atomic E-state index is -0.138.